The van der Waals surface area contributed by atoms with Gasteiger partial charge in [0.25, 0.3) is 0 Å². The summed E-state index contributed by atoms with van der Waals surface area (Å²) >= 11 is 0. The van der Waals surface area contributed by atoms with Crippen LogP contribution in [0.2, 0.25) is 0 Å². The van der Waals surface area contributed by atoms with Crippen LogP contribution in [0.3, 0.4) is 0 Å². The summed E-state index contributed by atoms with van der Waals surface area (Å²) < 4.78 is 12.1. The number of ether oxygens (including phenoxy) is 2. The standard InChI is InChI=1S/C22H38O3/c1-15(2)7-5-6-8-16(3)21(23)24-17(4)25-22-12-18-9-19(13-22)11-20(10-18)14-22/h15-20H,5-14H2,1-4H3. The van der Waals surface area contributed by atoms with Gasteiger partial charge in [-0.3, -0.25) is 4.79 Å². The van der Waals surface area contributed by atoms with Gasteiger partial charge in [0.15, 0.2) is 0 Å². The molecule has 0 aromatic carbocycles. The summed E-state index contributed by atoms with van der Waals surface area (Å²) in [6, 6.07) is 0. The van der Waals surface area contributed by atoms with E-state index < -0.39 is 6.29 Å². The van der Waals surface area contributed by atoms with Gasteiger partial charge < -0.3 is 9.47 Å². The van der Waals surface area contributed by atoms with E-state index in [2.05, 4.69) is 13.8 Å². The molecule has 0 radical (unpaired) electrons. The van der Waals surface area contributed by atoms with Crippen LogP contribution in [0, 0.1) is 29.6 Å². The van der Waals surface area contributed by atoms with Crippen molar-refractivity contribution in [1.82, 2.24) is 0 Å². The van der Waals surface area contributed by atoms with E-state index in [1.807, 2.05) is 13.8 Å². The lowest BCUT2D eigenvalue weighted by atomic mass is 9.54. The fourth-order valence-electron chi connectivity index (χ4n) is 5.95. The zero-order chi connectivity index (χ0) is 18.0. The second-order valence-corrected chi connectivity index (χ2v) is 9.80. The molecule has 3 heteroatoms. The number of esters is 1. The maximum Gasteiger partial charge on any atom is 0.310 e. The molecule has 0 N–H and O–H groups in total. The Bertz CT molecular complexity index is 421. The normalized spacial score (nSPS) is 35.8. The van der Waals surface area contributed by atoms with Gasteiger partial charge in [-0.05, 0) is 75.5 Å². The summed E-state index contributed by atoms with van der Waals surface area (Å²) in [7, 11) is 0. The Hall–Kier alpha value is -0.570. The van der Waals surface area contributed by atoms with Crippen molar-refractivity contribution in [3.05, 3.63) is 0 Å². The van der Waals surface area contributed by atoms with Gasteiger partial charge in [0.2, 0.25) is 6.29 Å². The Kier molecular flexibility index (Phi) is 6.13. The van der Waals surface area contributed by atoms with Crippen molar-refractivity contribution in [1.29, 1.82) is 0 Å². The van der Waals surface area contributed by atoms with Gasteiger partial charge in [-0.15, -0.1) is 0 Å². The Balaban J connectivity index is 1.41. The molecule has 0 spiro atoms. The molecule has 144 valence electrons. The van der Waals surface area contributed by atoms with Crippen molar-refractivity contribution in [2.75, 3.05) is 0 Å². The topological polar surface area (TPSA) is 35.5 Å². The van der Waals surface area contributed by atoms with Gasteiger partial charge in [0.05, 0.1) is 11.5 Å². The largest absolute Gasteiger partial charge is 0.436 e. The zero-order valence-electron chi connectivity index (χ0n) is 16.8. The van der Waals surface area contributed by atoms with Gasteiger partial charge in [-0.2, -0.15) is 0 Å². The maximum atomic E-state index is 12.4. The van der Waals surface area contributed by atoms with Gasteiger partial charge in [-0.1, -0.05) is 40.0 Å². The highest BCUT2D eigenvalue weighted by atomic mass is 16.7. The minimum atomic E-state index is -0.401. The van der Waals surface area contributed by atoms with Gasteiger partial charge in [0.1, 0.15) is 0 Å². The van der Waals surface area contributed by atoms with Gasteiger partial charge >= 0.3 is 5.97 Å². The molecule has 2 atom stereocenters. The third-order valence-electron chi connectivity index (χ3n) is 6.75. The summed E-state index contributed by atoms with van der Waals surface area (Å²) in [6.07, 6.45) is 11.9. The van der Waals surface area contributed by atoms with E-state index in [1.54, 1.807) is 0 Å². The second kappa shape index (κ2) is 7.98. The van der Waals surface area contributed by atoms with E-state index >= 15 is 0 Å². The number of hydrogen-bond donors (Lipinski definition) is 0. The van der Waals surface area contributed by atoms with Crippen molar-refractivity contribution in [3.8, 4) is 0 Å². The molecule has 4 rings (SSSR count). The minimum Gasteiger partial charge on any atom is -0.436 e. The summed E-state index contributed by atoms with van der Waals surface area (Å²) in [6.45, 7) is 8.42. The van der Waals surface area contributed by atoms with Crippen LogP contribution in [0.25, 0.3) is 0 Å². The molecule has 4 fully saturated rings. The van der Waals surface area contributed by atoms with Crippen LogP contribution in [0.4, 0.5) is 0 Å². The van der Waals surface area contributed by atoms with Crippen molar-refractivity contribution in [2.45, 2.75) is 104 Å². The van der Waals surface area contributed by atoms with Gasteiger partial charge in [0, 0.05) is 0 Å². The first-order valence-electron chi connectivity index (χ1n) is 10.7. The Morgan fingerprint density at radius 1 is 0.920 bits per heavy atom. The molecule has 2 unspecified atom stereocenters. The van der Waals surface area contributed by atoms with Crippen molar-refractivity contribution in [3.63, 3.8) is 0 Å². The first-order chi connectivity index (χ1) is 11.8. The molecule has 0 heterocycles. The van der Waals surface area contributed by atoms with Crippen LogP contribution >= 0.6 is 0 Å². The average molecular weight is 351 g/mol. The molecule has 0 aromatic heterocycles. The van der Waals surface area contributed by atoms with Crippen LogP contribution in [-0.2, 0) is 14.3 Å². The third kappa shape index (κ3) is 4.99. The molecule has 4 aliphatic carbocycles. The fourth-order valence-corrected chi connectivity index (χ4v) is 5.95. The minimum absolute atomic E-state index is 0.00888. The van der Waals surface area contributed by atoms with E-state index in [0.717, 1.165) is 36.5 Å². The van der Waals surface area contributed by atoms with E-state index in [1.165, 1.54) is 51.4 Å². The van der Waals surface area contributed by atoms with E-state index in [4.69, 9.17) is 9.47 Å². The van der Waals surface area contributed by atoms with E-state index in [0.29, 0.717) is 0 Å². The van der Waals surface area contributed by atoms with Crippen LogP contribution < -0.4 is 0 Å². The van der Waals surface area contributed by atoms with Crippen molar-refractivity contribution < 1.29 is 14.3 Å². The first-order valence-corrected chi connectivity index (χ1v) is 10.7. The van der Waals surface area contributed by atoms with Crippen LogP contribution in [0.15, 0.2) is 0 Å². The van der Waals surface area contributed by atoms with Crippen LogP contribution in [-0.4, -0.2) is 17.9 Å². The summed E-state index contributed by atoms with van der Waals surface area (Å²) in [5.74, 6) is 3.21. The molecule has 0 aliphatic heterocycles. The predicted octanol–water partition coefficient (Wildman–Crippen LogP) is 5.71. The highest BCUT2D eigenvalue weighted by Crippen LogP contribution is 2.57. The van der Waals surface area contributed by atoms with Crippen molar-refractivity contribution in [2.24, 2.45) is 29.6 Å². The number of unbranched alkanes of at least 4 members (excludes halogenated alkanes) is 1. The number of hydrogen-bond acceptors (Lipinski definition) is 3. The molecule has 4 saturated carbocycles. The van der Waals surface area contributed by atoms with Gasteiger partial charge in [-0.25, -0.2) is 0 Å². The smallest absolute Gasteiger partial charge is 0.310 e. The summed E-state index contributed by atoms with van der Waals surface area (Å²) in [5.41, 5.74) is 0.00888. The number of carbonyl (C=O) groups is 1. The van der Waals surface area contributed by atoms with Crippen LogP contribution in [0.1, 0.15) is 91.9 Å². The molecule has 4 bridgehead atoms. The maximum absolute atomic E-state index is 12.4. The SMILES string of the molecule is CC(C)CCCCC(C)C(=O)OC(C)OC12CC3CC(CC(C3)C1)C2. The highest BCUT2D eigenvalue weighted by Gasteiger charge is 2.52. The highest BCUT2D eigenvalue weighted by molar-refractivity contribution is 5.72. The Labute approximate surface area is 154 Å². The molecule has 0 aromatic rings. The lowest BCUT2D eigenvalue weighted by Crippen LogP contribution is -2.53. The fraction of sp³-hybridized carbons (Fsp3) is 0.955. The predicted molar refractivity (Wildman–Crippen MR) is 100 cm³/mol. The summed E-state index contributed by atoms with van der Waals surface area (Å²) in [5, 5.41) is 0. The van der Waals surface area contributed by atoms with E-state index in [9.17, 15) is 4.79 Å². The lowest BCUT2D eigenvalue weighted by molar-refractivity contribution is -0.246. The third-order valence-corrected chi connectivity index (χ3v) is 6.75. The molecule has 0 amide bonds. The molecule has 25 heavy (non-hydrogen) atoms. The lowest BCUT2D eigenvalue weighted by Gasteiger charge is -2.56. The second-order valence-electron chi connectivity index (χ2n) is 9.80. The molecular weight excluding hydrogens is 312 g/mol. The molecular formula is C22H38O3. The molecule has 0 saturated heterocycles. The Morgan fingerprint density at radius 2 is 1.44 bits per heavy atom. The molecule has 3 nitrogen and oxygen atoms in total. The quantitative estimate of drug-likeness (QED) is 0.303. The van der Waals surface area contributed by atoms with E-state index in [-0.39, 0.29) is 17.5 Å². The first kappa shape index (κ1) is 19.2. The Morgan fingerprint density at radius 3 is 1.96 bits per heavy atom. The van der Waals surface area contributed by atoms with Crippen molar-refractivity contribution >= 4 is 5.97 Å². The zero-order valence-corrected chi connectivity index (χ0v) is 16.8. The van der Waals surface area contributed by atoms with Crippen LogP contribution in [0.5, 0.6) is 0 Å². The molecule has 4 aliphatic rings. The monoisotopic (exact) mass is 350 g/mol. The number of carbonyl (C=O) groups excluding carboxylic acids is 1. The number of rotatable bonds is 9. The average Bonchev–Trinajstić information content (AvgIpc) is 2.48. The summed E-state index contributed by atoms with van der Waals surface area (Å²) in [4.78, 5) is 12.4.